The van der Waals surface area contributed by atoms with E-state index in [2.05, 4.69) is 50.5 Å². The molecule has 5 nitrogen and oxygen atoms in total. The average Bonchev–Trinajstić information content (AvgIpc) is 2.98. The van der Waals surface area contributed by atoms with Gasteiger partial charge in [-0.05, 0) is 84.0 Å². The second-order valence-corrected chi connectivity index (χ2v) is 8.65. The van der Waals surface area contributed by atoms with Crippen LogP contribution in [0.2, 0.25) is 0 Å². The van der Waals surface area contributed by atoms with Gasteiger partial charge in [0.2, 0.25) is 0 Å². The molecule has 1 aliphatic heterocycles. The highest BCUT2D eigenvalue weighted by Gasteiger charge is 2.28. The number of methoxy groups -OCH3 is 1. The van der Waals surface area contributed by atoms with E-state index in [1.165, 1.54) is 5.01 Å². The SMILES string of the molecule is CCCCOc1c(I)cc(C=C2C(=O)N(c3ccc(Br)cc3)N=C2C)cc1OC. The number of carbonyl (C=O) groups excluding carboxylic acids is 1. The number of ether oxygens (including phenoxy) is 2. The fraction of sp³-hybridized carbons (Fsp3) is 0.273. The molecule has 0 bridgehead atoms. The minimum Gasteiger partial charge on any atom is -0.493 e. The van der Waals surface area contributed by atoms with Crippen LogP contribution >= 0.6 is 38.5 Å². The Balaban J connectivity index is 1.89. The summed E-state index contributed by atoms with van der Waals surface area (Å²) < 4.78 is 13.3. The predicted molar refractivity (Wildman–Crippen MR) is 129 cm³/mol. The molecule has 3 rings (SSSR count). The van der Waals surface area contributed by atoms with Crippen molar-refractivity contribution in [3.8, 4) is 11.5 Å². The van der Waals surface area contributed by atoms with Crippen LogP contribution in [0, 0.1) is 3.57 Å². The van der Waals surface area contributed by atoms with Crippen LogP contribution in [0.5, 0.6) is 11.5 Å². The molecule has 0 aliphatic carbocycles. The van der Waals surface area contributed by atoms with Gasteiger partial charge in [-0.1, -0.05) is 29.3 Å². The minimum atomic E-state index is -0.151. The molecule has 0 saturated carbocycles. The van der Waals surface area contributed by atoms with Crippen molar-refractivity contribution in [3.05, 3.63) is 55.6 Å². The van der Waals surface area contributed by atoms with Crippen molar-refractivity contribution in [2.24, 2.45) is 5.10 Å². The van der Waals surface area contributed by atoms with Crippen molar-refractivity contribution >= 4 is 61.9 Å². The van der Waals surface area contributed by atoms with Gasteiger partial charge >= 0.3 is 0 Å². The van der Waals surface area contributed by atoms with Crippen molar-refractivity contribution in [1.82, 2.24) is 0 Å². The second kappa shape index (κ2) is 9.75. The summed E-state index contributed by atoms with van der Waals surface area (Å²) in [5.74, 6) is 1.25. The standard InChI is InChI=1S/C22H22BrIN2O3/c1-4-5-10-29-21-19(24)12-15(13-20(21)28-3)11-18-14(2)25-26(22(18)27)17-8-6-16(23)7-9-17/h6-9,11-13H,4-5,10H2,1-3H3. The third kappa shape index (κ3) is 5.01. The number of hydrogen-bond acceptors (Lipinski definition) is 4. The molecule has 1 heterocycles. The molecule has 7 heteroatoms. The lowest BCUT2D eigenvalue weighted by molar-refractivity contribution is -0.114. The van der Waals surface area contributed by atoms with Gasteiger partial charge in [0.15, 0.2) is 11.5 Å². The van der Waals surface area contributed by atoms with Gasteiger partial charge in [-0.15, -0.1) is 0 Å². The number of hydrogen-bond donors (Lipinski definition) is 0. The summed E-state index contributed by atoms with van der Waals surface area (Å²) in [5.41, 5.74) is 2.83. The Bertz CT molecular complexity index is 971. The van der Waals surface area contributed by atoms with E-state index in [0.717, 1.165) is 37.9 Å². The molecule has 0 radical (unpaired) electrons. The first-order valence-electron chi connectivity index (χ1n) is 9.32. The third-order valence-electron chi connectivity index (χ3n) is 4.44. The Morgan fingerprint density at radius 2 is 1.97 bits per heavy atom. The fourth-order valence-electron chi connectivity index (χ4n) is 2.89. The van der Waals surface area contributed by atoms with Gasteiger partial charge in [0.1, 0.15) is 0 Å². The summed E-state index contributed by atoms with van der Waals surface area (Å²) in [6, 6.07) is 11.4. The molecule has 1 amide bonds. The Morgan fingerprint density at radius 3 is 2.62 bits per heavy atom. The molecule has 0 aromatic heterocycles. The maximum absolute atomic E-state index is 13.0. The topological polar surface area (TPSA) is 51.1 Å². The third-order valence-corrected chi connectivity index (χ3v) is 5.77. The van der Waals surface area contributed by atoms with Crippen LogP contribution in [0.3, 0.4) is 0 Å². The van der Waals surface area contributed by atoms with Crippen LogP contribution in [0.1, 0.15) is 32.3 Å². The van der Waals surface area contributed by atoms with Gasteiger partial charge < -0.3 is 9.47 Å². The zero-order chi connectivity index (χ0) is 21.0. The van der Waals surface area contributed by atoms with Gasteiger partial charge in [0.25, 0.3) is 5.91 Å². The number of anilines is 1. The van der Waals surface area contributed by atoms with Gasteiger partial charge in [0, 0.05) is 4.47 Å². The predicted octanol–water partition coefficient (Wildman–Crippen LogP) is 6.05. The monoisotopic (exact) mass is 568 g/mol. The zero-order valence-electron chi connectivity index (χ0n) is 16.5. The van der Waals surface area contributed by atoms with E-state index >= 15 is 0 Å². The summed E-state index contributed by atoms with van der Waals surface area (Å²) in [4.78, 5) is 13.0. The van der Waals surface area contributed by atoms with Crippen LogP contribution in [-0.2, 0) is 4.79 Å². The van der Waals surface area contributed by atoms with Gasteiger partial charge in [0.05, 0.1) is 34.3 Å². The van der Waals surface area contributed by atoms with Crippen molar-refractivity contribution in [2.75, 3.05) is 18.7 Å². The van der Waals surface area contributed by atoms with Crippen LogP contribution in [-0.4, -0.2) is 25.3 Å². The Hall–Kier alpha value is -1.87. The van der Waals surface area contributed by atoms with E-state index in [4.69, 9.17) is 9.47 Å². The van der Waals surface area contributed by atoms with Gasteiger partial charge in [-0.25, -0.2) is 0 Å². The van der Waals surface area contributed by atoms with E-state index in [1.807, 2.05) is 49.4 Å². The fourth-order valence-corrected chi connectivity index (χ4v) is 3.94. The van der Waals surface area contributed by atoms with Crippen LogP contribution in [0.25, 0.3) is 6.08 Å². The smallest absolute Gasteiger partial charge is 0.280 e. The van der Waals surface area contributed by atoms with E-state index in [1.54, 1.807) is 7.11 Å². The molecular formula is C22H22BrIN2O3. The van der Waals surface area contributed by atoms with E-state index in [9.17, 15) is 4.79 Å². The molecular weight excluding hydrogens is 547 g/mol. The number of carbonyl (C=O) groups is 1. The summed E-state index contributed by atoms with van der Waals surface area (Å²) in [5, 5.41) is 5.87. The first-order valence-corrected chi connectivity index (χ1v) is 11.2. The normalized spacial score (nSPS) is 15.1. The molecule has 0 spiro atoms. The molecule has 0 atom stereocenters. The number of halogens is 2. The maximum atomic E-state index is 13.0. The molecule has 2 aromatic carbocycles. The molecule has 0 N–H and O–H groups in total. The van der Waals surface area contributed by atoms with Crippen LogP contribution in [0.15, 0.2) is 51.5 Å². The molecule has 29 heavy (non-hydrogen) atoms. The van der Waals surface area contributed by atoms with E-state index in [0.29, 0.717) is 23.6 Å². The molecule has 2 aromatic rings. The zero-order valence-corrected chi connectivity index (χ0v) is 20.3. The van der Waals surface area contributed by atoms with Gasteiger partial charge in [-0.2, -0.15) is 10.1 Å². The number of hydrazone groups is 1. The summed E-state index contributed by atoms with van der Waals surface area (Å²) in [6.45, 7) is 4.61. The lowest BCUT2D eigenvalue weighted by Crippen LogP contribution is -2.21. The molecule has 0 fully saturated rings. The summed E-state index contributed by atoms with van der Waals surface area (Å²) >= 11 is 5.65. The Labute approximate surface area is 193 Å². The highest BCUT2D eigenvalue weighted by atomic mass is 127. The Morgan fingerprint density at radius 1 is 1.24 bits per heavy atom. The first-order chi connectivity index (χ1) is 13.9. The van der Waals surface area contributed by atoms with E-state index in [-0.39, 0.29) is 5.91 Å². The quantitative estimate of drug-likeness (QED) is 0.232. The highest BCUT2D eigenvalue weighted by molar-refractivity contribution is 14.1. The molecule has 1 aliphatic rings. The number of rotatable bonds is 7. The number of nitrogens with zero attached hydrogens (tertiary/aromatic N) is 2. The van der Waals surface area contributed by atoms with Crippen molar-refractivity contribution in [1.29, 1.82) is 0 Å². The lowest BCUT2D eigenvalue weighted by atomic mass is 10.1. The summed E-state index contributed by atoms with van der Waals surface area (Å²) in [7, 11) is 1.62. The van der Waals surface area contributed by atoms with Crippen LogP contribution in [0.4, 0.5) is 5.69 Å². The van der Waals surface area contributed by atoms with Crippen molar-refractivity contribution in [2.45, 2.75) is 26.7 Å². The highest BCUT2D eigenvalue weighted by Crippen LogP contribution is 2.35. The number of amides is 1. The van der Waals surface area contributed by atoms with Crippen LogP contribution < -0.4 is 14.5 Å². The molecule has 0 unspecified atom stereocenters. The minimum absolute atomic E-state index is 0.151. The summed E-state index contributed by atoms with van der Waals surface area (Å²) in [6.07, 6.45) is 3.90. The lowest BCUT2D eigenvalue weighted by Gasteiger charge is -2.14. The van der Waals surface area contributed by atoms with E-state index < -0.39 is 0 Å². The molecule has 152 valence electrons. The molecule has 0 saturated heterocycles. The largest absolute Gasteiger partial charge is 0.493 e. The average molecular weight is 569 g/mol. The van der Waals surface area contributed by atoms with Crippen molar-refractivity contribution in [3.63, 3.8) is 0 Å². The first kappa shape index (κ1) is 21.8. The number of unbranched alkanes of at least 4 members (excludes halogenated alkanes) is 1. The maximum Gasteiger partial charge on any atom is 0.280 e. The van der Waals surface area contributed by atoms with Crippen molar-refractivity contribution < 1.29 is 14.3 Å². The van der Waals surface area contributed by atoms with Gasteiger partial charge in [-0.3, -0.25) is 4.79 Å². The number of benzene rings is 2. The Kier molecular flexibility index (Phi) is 7.34. The second-order valence-electron chi connectivity index (χ2n) is 6.57.